The van der Waals surface area contributed by atoms with Crippen molar-refractivity contribution in [1.82, 2.24) is 19.7 Å². The van der Waals surface area contributed by atoms with Crippen LogP contribution in [0.15, 0.2) is 55.0 Å². The number of alkyl halides is 3. The van der Waals surface area contributed by atoms with Gasteiger partial charge in [-0.1, -0.05) is 24.3 Å². The first kappa shape index (κ1) is 23.2. The fourth-order valence-corrected chi connectivity index (χ4v) is 5.13. The predicted octanol–water partition coefficient (Wildman–Crippen LogP) is 5.31. The first-order valence-corrected chi connectivity index (χ1v) is 11.6. The van der Waals surface area contributed by atoms with Crippen LogP contribution in [0.25, 0.3) is 0 Å². The van der Waals surface area contributed by atoms with Crippen molar-refractivity contribution in [3.05, 3.63) is 71.7 Å². The van der Waals surface area contributed by atoms with Gasteiger partial charge in [-0.25, -0.2) is 4.68 Å². The average molecular weight is 486 g/mol. The molecular formula is C25H26F3N5O2. The van der Waals surface area contributed by atoms with Crippen LogP contribution in [-0.2, 0) is 0 Å². The minimum Gasteiger partial charge on any atom is -0.496 e. The molecule has 0 spiro atoms. The molecule has 1 saturated heterocycles. The number of anilines is 1. The van der Waals surface area contributed by atoms with E-state index in [1.54, 1.807) is 41.6 Å². The molecule has 1 N–H and O–H groups in total. The minimum atomic E-state index is -4.53. The number of piperidine rings is 1. The number of nitrogens with zero attached hydrogens (tertiary/aromatic N) is 4. The molecule has 2 aromatic heterocycles. The number of likely N-dealkylation sites (tertiary alicyclic amines) is 1. The summed E-state index contributed by atoms with van der Waals surface area (Å²) in [5, 5.41) is 7.21. The third-order valence-corrected chi connectivity index (χ3v) is 6.82. The number of nitrogens with one attached hydrogen (secondary N) is 1. The highest BCUT2D eigenvalue weighted by Crippen LogP contribution is 2.46. The van der Waals surface area contributed by atoms with Gasteiger partial charge in [0, 0.05) is 30.9 Å². The van der Waals surface area contributed by atoms with Gasteiger partial charge in [-0.15, -0.1) is 0 Å². The van der Waals surface area contributed by atoms with E-state index in [0.29, 0.717) is 17.9 Å². The number of hydrogen-bond donors (Lipinski definition) is 1. The maximum atomic E-state index is 14.1. The number of benzene rings is 1. The number of ether oxygens (including phenoxy) is 1. The number of amides is 1. The summed E-state index contributed by atoms with van der Waals surface area (Å²) in [6, 6.07) is 7.95. The molecule has 1 amide bonds. The Labute approximate surface area is 200 Å². The Morgan fingerprint density at radius 2 is 1.97 bits per heavy atom. The number of methoxy groups -OCH3 is 1. The monoisotopic (exact) mass is 485 g/mol. The quantitative estimate of drug-likeness (QED) is 0.542. The van der Waals surface area contributed by atoms with Crippen molar-refractivity contribution < 1.29 is 22.7 Å². The summed E-state index contributed by atoms with van der Waals surface area (Å²) in [4.78, 5) is 19.7. The smallest absolute Gasteiger partial charge is 0.410 e. The zero-order chi connectivity index (χ0) is 24.6. The lowest BCUT2D eigenvalue weighted by Gasteiger charge is -2.37. The van der Waals surface area contributed by atoms with Crippen LogP contribution in [0.2, 0.25) is 0 Å². The van der Waals surface area contributed by atoms with Gasteiger partial charge in [0.15, 0.2) is 6.04 Å². The standard InChI is InChI=1S/C25H26F3N5O2/c1-35-21-10-3-2-8-17(21)19-13-22(25(26,27)28)33-23(31-19)18(15-30-33)24(34)32-12-5-4-9-20(32)16-7-6-11-29-14-16/h2-3,6-8,10-11,14-15,19-20,22,31H,4-5,9,12-13H2,1H3/t19-,20-,22-/m1/s1. The number of halogens is 3. The first-order chi connectivity index (χ1) is 16.9. The zero-order valence-electron chi connectivity index (χ0n) is 19.2. The number of aromatic nitrogens is 3. The van der Waals surface area contributed by atoms with Crippen LogP contribution >= 0.6 is 0 Å². The second kappa shape index (κ2) is 9.24. The number of carbonyl (C=O) groups is 1. The summed E-state index contributed by atoms with van der Waals surface area (Å²) in [6.07, 6.45) is 2.41. The van der Waals surface area contributed by atoms with Crippen LogP contribution in [-0.4, -0.2) is 45.4 Å². The van der Waals surface area contributed by atoms with Gasteiger partial charge < -0.3 is 15.0 Å². The molecule has 0 aliphatic carbocycles. The van der Waals surface area contributed by atoms with Crippen molar-refractivity contribution in [1.29, 1.82) is 0 Å². The largest absolute Gasteiger partial charge is 0.496 e. The first-order valence-electron chi connectivity index (χ1n) is 11.6. The SMILES string of the molecule is COc1ccccc1[C@H]1C[C@H](C(F)(F)F)n2ncc(C(=O)N3CCCC[C@@H]3c3cccnc3)c2N1. The Kier molecular flexibility index (Phi) is 6.12. The van der Waals surface area contributed by atoms with Gasteiger partial charge in [-0.2, -0.15) is 18.3 Å². The van der Waals surface area contributed by atoms with Gasteiger partial charge in [0.25, 0.3) is 5.91 Å². The molecular weight excluding hydrogens is 459 g/mol. The van der Waals surface area contributed by atoms with Gasteiger partial charge in [0.05, 0.1) is 25.4 Å². The summed E-state index contributed by atoms with van der Waals surface area (Å²) in [5.74, 6) is 0.225. The highest BCUT2D eigenvalue weighted by molar-refractivity contribution is 5.99. The van der Waals surface area contributed by atoms with Crippen LogP contribution in [0.3, 0.4) is 0 Å². The van der Waals surface area contributed by atoms with Crippen LogP contribution < -0.4 is 10.1 Å². The summed E-state index contributed by atoms with van der Waals surface area (Å²) in [7, 11) is 1.48. The number of para-hydroxylation sites is 1. The molecule has 0 radical (unpaired) electrons. The molecule has 184 valence electrons. The normalized spacial score (nSPS) is 22.3. The zero-order valence-corrected chi connectivity index (χ0v) is 19.2. The third-order valence-electron chi connectivity index (χ3n) is 6.82. The molecule has 7 nitrogen and oxygen atoms in total. The Morgan fingerprint density at radius 1 is 1.14 bits per heavy atom. The third kappa shape index (κ3) is 4.33. The lowest BCUT2D eigenvalue weighted by Crippen LogP contribution is -2.40. The van der Waals surface area contributed by atoms with Crippen LogP contribution in [0.4, 0.5) is 19.0 Å². The Hall–Kier alpha value is -3.56. The Balaban J connectivity index is 1.53. The summed E-state index contributed by atoms with van der Waals surface area (Å²) < 4.78 is 48.7. The van der Waals surface area contributed by atoms with Crippen molar-refractivity contribution in [2.24, 2.45) is 0 Å². The van der Waals surface area contributed by atoms with Gasteiger partial charge >= 0.3 is 6.18 Å². The van der Waals surface area contributed by atoms with Crippen LogP contribution in [0.1, 0.15) is 65.3 Å². The average Bonchev–Trinajstić information content (AvgIpc) is 3.31. The highest BCUT2D eigenvalue weighted by Gasteiger charge is 2.48. The lowest BCUT2D eigenvalue weighted by molar-refractivity contribution is -0.173. The number of rotatable bonds is 4. The lowest BCUT2D eigenvalue weighted by atomic mass is 9.94. The van der Waals surface area contributed by atoms with E-state index in [1.807, 2.05) is 12.1 Å². The van der Waals surface area contributed by atoms with E-state index in [2.05, 4.69) is 15.4 Å². The maximum absolute atomic E-state index is 14.1. The van der Waals surface area contributed by atoms with E-state index in [-0.39, 0.29) is 29.8 Å². The minimum absolute atomic E-state index is 0.0787. The Bertz CT molecular complexity index is 1200. The molecule has 1 fully saturated rings. The van der Waals surface area contributed by atoms with E-state index >= 15 is 0 Å². The molecule has 5 rings (SSSR count). The van der Waals surface area contributed by atoms with Crippen molar-refractivity contribution in [3.8, 4) is 5.75 Å². The molecule has 0 saturated carbocycles. The van der Waals surface area contributed by atoms with E-state index < -0.39 is 18.3 Å². The molecule has 4 heterocycles. The summed E-state index contributed by atoms with van der Waals surface area (Å²) in [6.45, 7) is 0.516. The van der Waals surface area contributed by atoms with E-state index in [1.165, 1.54) is 13.3 Å². The number of fused-ring (bicyclic) bond motifs is 1. The van der Waals surface area contributed by atoms with Crippen molar-refractivity contribution in [2.45, 2.75) is 50.0 Å². The molecule has 10 heteroatoms. The predicted molar refractivity (Wildman–Crippen MR) is 123 cm³/mol. The number of hydrogen-bond acceptors (Lipinski definition) is 5. The van der Waals surface area contributed by atoms with Crippen molar-refractivity contribution in [3.63, 3.8) is 0 Å². The fraction of sp³-hybridized carbons (Fsp3) is 0.400. The van der Waals surface area contributed by atoms with Crippen molar-refractivity contribution in [2.75, 3.05) is 19.0 Å². The van der Waals surface area contributed by atoms with Crippen LogP contribution in [0, 0.1) is 0 Å². The molecule has 2 aliphatic rings. The maximum Gasteiger partial charge on any atom is 0.410 e. The highest BCUT2D eigenvalue weighted by atomic mass is 19.4. The van der Waals surface area contributed by atoms with E-state index in [0.717, 1.165) is 29.5 Å². The molecule has 0 unspecified atom stereocenters. The summed E-state index contributed by atoms with van der Waals surface area (Å²) >= 11 is 0. The van der Waals surface area contributed by atoms with Gasteiger partial charge in [0.1, 0.15) is 17.1 Å². The van der Waals surface area contributed by atoms with Crippen molar-refractivity contribution >= 4 is 11.7 Å². The molecule has 3 aromatic rings. The Morgan fingerprint density at radius 3 is 2.71 bits per heavy atom. The van der Waals surface area contributed by atoms with E-state index in [9.17, 15) is 18.0 Å². The second-order valence-electron chi connectivity index (χ2n) is 8.88. The number of carbonyl (C=O) groups excluding carboxylic acids is 1. The molecule has 3 atom stereocenters. The molecule has 0 bridgehead atoms. The van der Waals surface area contributed by atoms with Gasteiger partial charge in [0.2, 0.25) is 0 Å². The summed E-state index contributed by atoms with van der Waals surface area (Å²) in [5.41, 5.74) is 1.64. The van der Waals surface area contributed by atoms with Crippen LogP contribution in [0.5, 0.6) is 5.75 Å². The number of pyridine rings is 1. The molecule has 35 heavy (non-hydrogen) atoms. The van der Waals surface area contributed by atoms with Gasteiger partial charge in [-0.3, -0.25) is 9.78 Å². The molecule has 1 aromatic carbocycles. The second-order valence-corrected chi connectivity index (χ2v) is 8.88. The topological polar surface area (TPSA) is 72.3 Å². The fourth-order valence-electron chi connectivity index (χ4n) is 5.13. The van der Waals surface area contributed by atoms with E-state index in [4.69, 9.17) is 4.74 Å². The molecule has 2 aliphatic heterocycles. The van der Waals surface area contributed by atoms with Gasteiger partial charge in [-0.05, 0) is 37.0 Å².